The predicted molar refractivity (Wildman–Crippen MR) is 99.6 cm³/mol. The SMILES string of the molecule is Cc1csc(N=Cc2cc(C(C)(C)C)cc(C(C)(C)C)c2O)n1. The van der Waals surface area contributed by atoms with E-state index in [9.17, 15) is 5.11 Å². The molecule has 23 heavy (non-hydrogen) atoms. The van der Waals surface area contributed by atoms with Gasteiger partial charge in [0.15, 0.2) is 0 Å². The maximum Gasteiger partial charge on any atom is 0.209 e. The van der Waals surface area contributed by atoms with E-state index >= 15 is 0 Å². The van der Waals surface area contributed by atoms with Gasteiger partial charge in [0.25, 0.3) is 0 Å². The second-order valence-electron chi connectivity index (χ2n) is 7.99. The lowest BCUT2D eigenvalue weighted by Gasteiger charge is -2.26. The number of phenols is 1. The summed E-state index contributed by atoms with van der Waals surface area (Å²) < 4.78 is 0. The van der Waals surface area contributed by atoms with E-state index in [1.54, 1.807) is 6.21 Å². The van der Waals surface area contributed by atoms with Crippen molar-refractivity contribution in [1.29, 1.82) is 0 Å². The number of aromatic nitrogens is 1. The molecule has 0 atom stereocenters. The minimum absolute atomic E-state index is 0.00800. The molecule has 3 nitrogen and oxygen atoms in total. The number of hydrogen-bond acceptors (Lipinski definition) is 4. The number of aromatic hydroxyl groups is 1. The maximum atomic E-state index is 10.7. The van der Waals surface area contributed by atoms with E-state index in [1.165, 1.54) is 16.9 Å². The van der Waals surface area contributed by atoms with Gasteiger partial charge in [-0.3, -0.25) is 0 Å². The summed E-state index contributed by atoms with van der Waals surface area (Å²) in [4.78, 5) is 8.76. The van der Waals surface area contributed by atoms with Gasteiger partial charge in [-0.25, -0.2) is 9.98 Å². The van der Waals surface area contributed by atoms with E-state index in [-0.39, 0.29) is 10.8 Å². The molecule has 0 amide bonds. The third-order valence-electron chi connectivity index (χ3n) is 3.73. The summed E-state index contributed by atoms with van der Waals surface area (Å²) in [5, 5.41) is 13.4. The lowest BCUT2D eigenvalue weighted by molar-refractivity contribution is 0.444. The summed E-state index contributed by atoms with van der Waals surface area (Å²) in [7, 11) is 0. The van der Waals surface area contributed by atoms with Gasteiger partial charge in [-0.05, 0) is 29.4 Å². The highest BCUT2D eigenvalue weighted by molar-refractivity contribution is 7.13. The average Bonchev–Trinajstić information content (AvgIpc) is 2.80. The molecule has 0 fully saturated rings. The van der Waals surface area contributed by atoms with Crippen molar-refractivity contribution in [2.75, 3.05) is 0 Å². The predicted octanol–water partition coefficient (Wildman–Crippen LogP) is 5.50. The van der Waals surface area contributed by atoms with Crippen molar-refractivity contribution in [3.05, 3.63) is 39.9 Å². The summed E-state index contributed by atoms with van der Waals surface area (Å²) in [5.41, 5.74) is 3.72. The summed E-state index contributed by atoms with van der Waals surface area (Å²) in [6.45, 7) is 14.8. The first-order valence-corrected chi connectivity index (χ1v) is 8.70. The Bertz CT molecular complexity index is 731. The van der Waals surface area contributed by atoms with Crippen LogP contribution in [0.4, 0.5) is 5.13 Å². The van der Waals surface area contributed by atoms with Crippen molar-refractivity contribution < 1.29 is 5.11 Å². The van der Waals surface area contributed by atoms with Crippen LogP contribution in [-0.2, 0) is 10.8 Å². The van der Waals surface area contributed by atoms with Crippen molar-refractivity contribution >= 4 is 22.7 Å². The van der Waals surface area contributed by atoms with Gasteiger partial charge in [0.2, 0.25) is 5.13 Å². The molecule has 1 aromatic carbocycles. The third-order valence-corrected chi connectivity index (χ3v) is 4.60. The van der Waals surface area contributed by atoms with Crippen LogP contribution in [0.3, 0.4) is 0 Å². The Hall–Kier alpha value is -1.68. The molecule has 0 spiro atoms. The van der Waals surface area contributed by atoms with Gasteiger partial charge in [-0.1, -0.05) is 47.6 Å². The van der Waals surface area contributed by atoms with Crippen molar-refractivity contribution in [1.82, 2.24) is 4.98 Å². The van der Waals surface area contributed by atoms with Gasteiger partial charge in [0.1, 0.15) is 5.75 Å². The van der Waals surface area contributed by atoms with Crippen molar-refractivity contribution in [3.8, 4) is 5.75 Å². The van der Waals surface area contributed by atoms with Crippen LogP contribution in [0.2, 0.25) is 0 Å². The standard InChI is InChI=1S/C19H26N2OS/c1-12-11-23-17(21-12)20-10-13-8-14(18(2,3)4)9-15(16(13)22)19(5,6)7/h8-11,22H,1-7H3. The Balaban J connectivity index is 2.55. The third kappa shape index (κ3) is 4.20. The van der Waals surface area contributed by atoms with Gasteiger partial charge >= 0.3 is 0 Å². The second-order valence-corrected chi connectivity index (χ2v) is 8.83. The Morgan fingerprint density at radius 3 is 2.22 bits per heavy atom. The number of phenolic OH excluding ortho intramolecular Hbond substituents is 1. The topological polar surface area (TPSA) is 45.5 Å². The second kappa shape index (κ2) is 6.08. The summed E-state index contributed by atoms with van der Waals surface area (Å²) in [6, 6.07) is 4.13. The number of benzene rings is 1. The van der Waals surface area contributed by atoms with Crippen molar-refractivity contribution in [2.24, 2.45) is 4.99 Å². The summed E-state index contributed by atoms with van der Waals surface area (Å²) >= 11 is 1.50. The summed E-state index contributed by atoms with van der Waals surface area (Å²) in [5.74, 6) is 0.308. The van der Waals surface area contributed by atoms with E-state index in [0.29, 0.717) is 10.9 Å². The van der Waals surface area contributed by atoms with Crippen LogP contribution in [0.25, 0.3) is 0 Å². The highest BCUT2D eigenvalue weighted by Crippen LogP contribution is 2.37. The first-order valence-electron chi connectivity index (χ1n) is 7.82. The molecule has 0 unspecified atom stereocenters. The number of nitrogens with zero attached hydrogens (tertiary/aromatic N) is 2. The molecule has 1 heterocycles. The van der Waals surface area contributed by atoms with Crippen LogP contribution < -0.4 is 0 Å². The lowest BCUT2D eigenvalue weighted by atomic mass is 9.79. The zero-order chi connectivity index (χ0) is 17.4. The maximum absolute atomic E-state index is 10.7. The molecule has 0 radical (unpaired) electrons. The number of thiazole rings is 1. The van der Waals surface area contributed by atoms with Crippen LogP contribution in [0.1, 0.15) is 63.9 Å². The number of aliphatic imine (C=N–C) groups is 1. The molecule has 0 bridgehead atoms. The van der Waals surface area contributed by atoms with Gasteiger partial charge in [0, 0.05) is 22.7 Å². The molecule has 4 heteroatoms. The van der Waals surface area contributed by atoms with Gasteiger partial charge in [-0.2, -0.15) is 0 Å². The van der Waals surface area contributed by atoms with E-state index in [4.69, 9.17) is 0 Å². The molecule has 0 aliphatic carbocycles. The molecular weight excluding hydrogens is 304 g/mol. The number of hydrogen-bond donors (Lipinski definition) is 1. The molecule has 2 aromatic rings. The minimum Gasteiger partial charge on any atom is -0.507 e. The van der Waals surface area contributed by atoms with Crippen LogP contribution in [0, 0.1) is 6.92 Å². The molecule has 0 saturated carbocycles. The van der Waals surface area contributed by atoms with Gasteiger partial charge in [0.05, 0.1) is 5.69 Å². The molecule has 1 N–H and O–H groups in total. The smallest absolute Gasteiger partial charge is 0.209 e. The van der Waals surface area contributed by atoms with E-state index in [1.807, 2.05) is 18.4 Å². The lowest BCUT2D eigenvalue weighted by Crippen LogP contribution is -2.17. The van der Waals surface area contributed by atoms with Crippen molar-refractivity contribution in [3.63, 3.8) is 0 Å². The fourth-order valence-electron chi connectivity index (χ4n) is 2.29. The summed E-state index contributed by atoms with van der Waals surface area (Å²) in [6.07, 6.45) is 1.72. The van der Waals surface area contributed by atoms with Gasteiger partial charge < -0.3 is 5.11 Å². The van der Waals surface area contributed by atoms with E-state index < -0.39 is 0 Å². The highest BCUT2D eigenvalue weighted by atomic mass is 32.1. The minimum atomic E-state index is -0.133. The number of rotatable bonds is 2. The van der Waals surface area contributed by atoms with E-state index in [2.05, 4.69) is 57.6 Å². The first-order chi connectivity index (χ1) is 10.5. The quantitative estimate of drug-likeness (QED) is 0.739. The largest absolute Gasteiger partial charge is 0.507 e. The molecule has 1 aromatic heterocycles. The molecule has 0 aliphatic rings. The number of aryl methyl sites for hydroxylation is 1. The fraction of sp³-hybridized carbons (Fsp3) is 0.474. The average molecular weight is 330 g/mol. The van der Waals surface area contributed by atoms with Crippen LogP contribution in [0.5, 0.6) is 5.75 Å². The van der Waals surface area contributed by atoms with Crippen LogP contribution in [0.15, 0.2) is 22.5 Å². The fourth-order valence-corrected chi connectivity index (χ4v) is 2.92. The Morgan fingerprint density at radius 1 is 1.09 bits per heavy atom. The monoisotopic (exact) mass is 330 g/mol. The molecular formula is C19H26N2OS. The molecule has 124 valence electrons. The molecule has 0 aliphatic heterocycles. The van der Waals surface area contributed by atoms with Crippen molar-refractivity contribution in [2.45, 2.75) is 59.3 Å². The molecule has 0 saturated heterocycles. The first kappa shape index (κ1) is 17.7. The Kier molecular flexibility index (Phi) is 4.67. The zero-order valence-corrected chi connectivity index (χ0v) is 15.9. The Labute approximate surface area is 143 Å². The zero-order valence-electron chi connectivity index (χ0n) is 15.1. The normalized spacial score (nSPS) is 13.0. The van der Waals surface area contributed by atoms with Crippen LogP contribution >= 0.6 is 11.3 Å². The Morgan fingerprint density at radius 2 is 1.74 bits per heavy atom. The highest BCUT2D eigenvalue weighted by Gasteiger charge is 2.24. The van der Waals surface area contributed by atoms with Gasteiger partial charge in [-0.15, -0.1) is 11.3 Å². The van der Waals surface area contributed by atoms with Crippen LogP contribution in [-0.4, -0.2) is 16.3 Å². The molecule has 2 rings (SSSR count). The van der Waals surface area contributed by atoms with E-state index in [0.717, 1.165) is 16.8 Å².